The molecule has 4 nitrogen and oxygen atoms in total. The van der Waals surface area contributed by atoms with Gasteiger partial charge in [-0.25, -0.2) is 9.98 Å². The van der Waals surface area contributed by atoms with Gasteiger partial charge in [-0.15, -0.1) is 0 Å². The van der Waals surface area contributed by atoms with Gasteiger partial charge in [0.2, 0.25) is 5.90 Å². The molecule has 0 N–H and O–H groups in total. The largest absolute Gasteiger partial charge is 0.481 e. The van der Waals surface area contributed by atoms with Gasteiger partial charge in [0.25, 0.3) is 5.91 Å². The molecule has 102 valence electrons. The van der Waals surface area contributed by atoms with Gasteiger partial charge in [-0.2, -0.15) is 0 Å². The van der Waals surface area contributed by atoms with Crippen LogP contribution in [-0.4, -0.2) is 30.7 Å². The standard InChI is InChI=1S/C16H16N2O2/c1-16(2)9-8-12(20-3)17-14(16)13-10-6-4-5-7-11(10)15(19)18-13/h4-9,14H,1-3H3. The van der Waals surface area contributed by atoms with Crippen molar-refractivity contribution < 1.29 is 9.53 Å². The molecule has 2 heterocycles. The van der Waals surface area contributed by atoms with Crippen molar-refractivity contribution in [2.24, 2.45) is 15.4 Å². The molecule has 0 saturated heterocycles. The molecule has 0 fully saturated rings. The summed E-state index contributed by atoms with van der Waals surface area (Å²) in [6.45, 7) is 4.16. The molecule has 4 heteroatoms. The molecule has 1 aromatic rings. The minimum Gasteiger partial charge on any atom is -0.481 e. The number of nitrogens with zero attached hydrogens (tertiary/aromatic N) is 2. The lowest BCUT2D eigenvalue weighted by Crippen LogP contribution is -2.37. The summed E-state index contributed by atoms with van der Waals surface area (Å²) in [5.74, 6) is 0.379. The molecule has 0 aromatic heterocycles. The summed E-state index contributed by atoms with van der Waals surface area (Å²) >= 11 is 0. The van der Waals surface area contributed by atoms with Crippen LogP contribution in [0.15, 0.2) is 46.4 Å². The maximum Gasteiger partial charge on any atom is 0.277 e. The van der Waals surface area contributed by atoms with Crippen LogP contribution in [0.4, 0.5) is 0 Å². The molecule has 0 radical (unpaired) electrons. The van der Waals surface area contributed by atoms with Gasteiger partial charge >= 0.3 is 0 Å². The minimum absolute atomic E-state index is 0.185. The van der Waals surface area contributed by atoms with Gasteiger partial charge in [0.15, 0.2) is 0 Å². The summed E-state index contributed by atoms with van der Waals surface area (Å²) in [5.41, 5.74) is 2.06. The smallest absolute Gasteiger partial charge is 0.277 e. The first-order valence-corrected chi connectivity index (χ1v) is 6.56. The molecule has 1 atom stereocenters. The Hall–Kier alpha value is -2.23. The third-order valence-electron chi connectivity index (χ3n) is 3.74. The van der Waals surface area contributed by atoms with Gasteiger partial charge in [0, 0.05) is 11.0 Å². The summed E-state index contributed by atoms with van der Waals surface area (Å²) in [6, 6.07) is 7.29. The molecule has 1 unspecified atom stereocenters. The van der Waals surface area contributed by atoms with Crippen molar-refractivity contribution in [1.29, 1.82) is 0 Å². The number of carbonyl (C=O) groups is 1. The Morgan fingerprint density at radius 3 is 2.60 bits per heavy atom. The highest BCUT2D eigenvalue weighted by atomic mass is 16.5. The number of fused-ring (bicyclic) bond motifs is 1. The Balaban J connectivity index is 2.10. The van der Waals surface area contributed by atoms with Crippen molar-refractivity contribution >= 4 is 17.5 Å². The van der Waals surface area contributed by atoms with Crippen LogP contribution in [0.3, 0.4) is 0 Å². The first kappa shape index (κ1) is 12.8. The number of aliphatic imine (C=N–C) groups is 2. The average Bonchev–Trinajstić information content (AvgIpc) is 2.76. The molecule has 1 amide bonds. The first-order chi connectivity index (χ1) is 9.53. The van der Waals surface area contributed by atoms with Crippen molar-refractivity contribution in [3.05, 3.63) is 47.5 Å². The summed E-state index contributed by atoms with van der Waals surface area (Å²) in [5, 5.41) is 0. The van der Waals surface area contributed by atoms with Gasteiger partial charge in [0.1, 0.15) is 6.04 Å². The Morgan fingerprint density at radius 1 is 1.20 bits per heavy atom. The van der Waals surface area contributed by atoms with E-state index in [0.717, 1.165) is 11.3 Å². The maximum absolute atomic E-state index is 12.0. The van der Waals surface area contributed by atoms with Crippen LogP contribution in [-0.2, 0) is 4.74 Å². The predicted molar refractivity (Wildman–Crippen MR) is 78.5 cm³/mol. The van der Waals surface area contributed by atoms with Crippen molar-refractivity contribution in [3.8, 4) is 0 Å². The zero-order valence-electron chi connectivity index (χ0n) is 11.8. The van der Waals surface area contributed by atoms with Crippen LogP contribution in [0.25, 0.3) is 0 Å². The van der Waals surface area contributed by atoms with Crippen molar-refractivity contribution in [3.63, 3.8) is 0 Å². The highest BCUT2D eigenvalue weighted by Gasteiger charge is 2.38. The molecule has 0 bridgehead atoms. The fourth-order valence-corrected chi connectivity index (χ4v) is 2.58. The molecule has 3 rings (SSSR count). The second-order valence-corrected chi connectivity index (χ2v) is 5.58. The quantitative estimate of drug-likeness (QED) is 0.786. The summed E-state index contributed by atoms with van der Waals surface area (Å²) in [7, 11) is 1.59. The van der Waals surface area contributed by atoms with Crippen LogP contribution in [0.2, 0.25) is 0 Å². The number of methoxy groups -OCH3 is 1. The zero-order chi connectivity index (χ0) is 14.3. The molecule has 0 saturated carbocycles. The molecule has 2 aliphatic heterocycles. The second kappa shape index (κ2) is 4.40. The average molecular weight is 268 g/mol. The molecule has 2 aliphatic rings. The highest BCUT2D eigenvalue weighted by molar-refractivity contribution is 6.23. The van der Waals surface area contributed by atoms with E-state index in [4.69, 9.17) is 4.74 Å². The van der Waals surface area contributed by atoms with E-state index in [1.807, 2.05) is 24.3 Å². The number of carbonyl (C=O) groups excluding carboxylic acids is 1. The van der Waals surface area contributed by atoms with Gasteiger partial charge in [-0.05, 0) is 12.1 Å². The van der Waals surface area contributed by atoms with Gasteiger partial charge in [0.05, 0.1) is 18.4 Å². The summed E-state index contributed by atoms with van der Waals surface area (Å²) < 4.78 is 5.21. The normalized spacial score (nSPS) is 23.1. The number of hydrogen-bond donors (Lipinski definition) is 0. The highest BCUT2D eigenvalue weighted by Crippen LogP contribution is 2.34. The van der Waals surface area contributed by atoms with E-state index in [1.54, 1.807) is 13.2 Å². The van der Waals surface area contributed by atoms with Crippen molar-refractivity contribution in [2.45, 2.75) is 19.9 Å². The van der Waals surface area contributed by atoms with Crippen LogP contribution in [0.5, 0.6) is 0 Å². The Morgan fingerprint density at radius 2 is 1.90 bits per heavy atom. The Labute approximate surface area is 117 Å². The third kappa shape index (κ3) is 1.88. The predicted octanol–water partition coefficient (Wildman–Crippen LogP) is 2.64. The fourth-order valence-electron chi connectivity index (χ4n) is 2.58. The molecular formula is C16H16N2O2. The van der Waals surface area contributed by atoms with E-state index < -0.39 is 0 Å². The monoisotopic (exact) mass is 268 g/mol. The van der Waals surface area contributed by atoms with Crippen LogP contribution >= 0.6 is 0 Å². The number of dihydropyridines is 1. The SMILES string of the molecule is COC1=NC(C2=NC(=O)c3ccccc32)C(C)(C)C=C1. The van der Waals surface area contributed by atoms with E-state index in [2.05, 4.69) is 29.9 Å². The van der Waals surface area contributed by atoms with Crippen LogP contribution < -0.4 is 0 Å². The number of benzene rings is 1. The summed E-state index contributed by atoms with van der Waals surface area (Å²) in [4.78, 5) is 20.8. The van der Waals surface area contributed by atoms with E-state index in [0.29, 0.717) is 11.5 Å². The van der Waals surface area contributed by atoms with E-state index in [-0.39, 0.29) is 17.4 Å². The molecule has 0 aliphatic carbocycles. The van der Waals surface area contributed by atoms with Crippen LogP contribution in [0, 0.1) is 5.41 Å². The molecule has 0 spiro atoms. The molecular weight excluding hydrogens is 252 g/mol. The number of hydrogen-bond acceptors (Lipinski definition) is 3. The minimum atomic E-state index is -0.213. The number of amides is 1. The zero-order valence-corrected chi connectivity index (χ0v) is 11.8. The van der Waals surface area contributed by atoms with E-state index >= 15 is 0 Å². The second-order valence-electron chi connectivity index (χ2n) is 5.58. The maximum atomic E-state index is 12.0. The molecule has 20 heavy (non-hydrogen) atoms. The number of rotatable bonds is 1. The molecule has 1 aromatic carbocycles. The van der Waals surface area contributed by atoms with Gasteiger partial charge < -0.3 is 4.74 Å². The number of ether oxygens (including phenoxy) is 1. The van der Waals surface area contributed by atoms with E-state index in [1.165, 1.54) is 0 Å². The fraction of sp³-hybridized carbons (Fsp3) is 0.312. The first-order valence-electron chi connectivity index (χ1n) is 6.56. The Bertz CT molecular complexity index is 669. The van der Waals surface area contributed by atoms with E-state index in [9.17, 15) is 4.79 Å². The third-order valence-corrected chi connectivity index (χ3v) is 3.74. The van der Waals surface area contributed by atoms with Gasteiger partial charge in [-0.3, -0.25) is 4.79 Å². The topological polar surface area (TPSA) is 51.0 Å². The lowest BCUT2D eigenvalue weighted by molar-refractivity contribution is 0.101. The lowest BCUT2D eigenvalue weighted by Gasteiger charge is -2.31. The van der Waals surface area contributed by atoms with Crippen molar-refractivity contribution in [1.82, 2.24) is 0 Å². The Kier molecular flexibility index (Phi) is 2.82. The van der Waals surface area contributed by atoms with Crippen LogP contribution in [0.1, 0.15) is 29.8 Å². The lowest BCUT2D eigenvalue weighted by atomic mass is 9.78. The summed E-state index contributed by atoms with van der Waals surface area (Å²) in [6.07, 6.45) is 3.91. The van der Waals surface area contributed by atoms with Gasteiger partial charge in [-0.1, -0.05) is 38.1 Å². The van der Waals surface area contributed by atoms with Crippen molar-refractivity contribution in [2.75, 3.05) is 7.11 Å².